The van der Waals surface area contributed by atoms with Gasteiger partial charge < -0.3 is 10.0 Å². The van der Waals surface area contributed by atoms with Crippen LogP contribution in [0.25, 0.3) is 0 Å². The van der Waals surface area contributed by atoms with Crippen LogP contribution in [0.4, 0.5) is 4.39 Å². The zero-order valence-electron chi connectivity index (χ0n) is 13.6. The molecule has 1 heterocycles. The first kappa shape index (κ1) is 16.7. The molecule has 1 aliphatic rings. The lowest BCUT2D eigenvalue weighted by Crippen LogP contribution is -2.44. The second-order valence-electron chi connectivity index (χ2n) is 6.36. The Bertz CT molecular complexity index is 664. The first-order chi connectivity index (χ1) is 11.6. The molecule has 1 amide bonds. The molecule has 3 rings (SSSR count). The van der Waals surface area contributed by atoms with Gasteiger partial charge in [-0.15, -0.1) is 0 Å². The van der Waals surface area contributed by atoms with Gasteiger partial charge in [-0.3, -0.25) is 4.79 Å². The fourth-order valence-electron chi connectivity index (χ4n) is 3.30. The Morgan fingerprint density at radius 3 is 2.33 bits per heavy atom. The summed E-state index contributed by atoms with van der Waals surface area (Å²) < 4.78 is 13.0. The van der Waals surface area contributed by atoms with Crippen LogP contribution in [-0.4, -0.2) is 35.1 Å². The minimum atomic E-state index is -0.991. The molecule has 1 fully saturated rings. The van der Waals surface area contributed by atoms with Crippen LogP contribution in [0, 0.1) is 5.82 Å². The standard InChI is InChI=1S/C20H22FNO2/c21-18-8-6-16(7-9-18)17-10-12-22(13-11-17)20(24)19(23)14-15-4-2-1-3-5-15/h1-9,17,19,23H,10-14H2/t19-/m0/s1. The average molecular weight is 327 g/mol. The summed E-state index contributed by atoms with van der Waals surface area (Å²) in [5.74, 6) is -0.0762. The van der Waals surface area contributed by atoms with Crippen molar-refractivity contribution in [1.29, 1.82) is 0 Å². The van der Waals surface area contributed by atoms with E-state index in [0.717, 1.165) is 24.0 Å². The van der Waals surface area contributed by atoms with Crippen molar-refractivity contribution >= 4 is 5.91 Å². The number of benzene rings is 2. The lowest BCUT2D eigenvalue weighted by Gasteiger charge is -2.33. The molecule has 1 aliphatic heterocycles. The van der Waals surface area contributed by atoms with Gasteiger partial charge in [0.15, 0.2) is 0 Å². The van der Waals surface area contributed by atoms with E-state index in [0.29, 0.717) is 25.4 Å². The number of likely N-dealkylation sites (tertiary alicyclic amines) is 1. The highest BCUT2D eigenvalue weighted by Crippen LogP contribution is 2.28. The van der Waals surface area contributed by atoms with E-state index in [1.807, 2.05) is 42.5 Å². The zero-order chi connectivity index (χ0) is 16.9. The summed E-state index contributed by atoms with van der Waals surface area (Å²) in [5.41, 5.74) is 2.08. The molecule has 0 unspecified atom stereocenters. The molecular weight excluding hydrogens is 305 g/mol. The van der Waals surface area contributed by atoms with Gasteiger partial charge in [0.05, 0.1) is 0 Å². The molecule has 1 N–H and O–H groups in total. The molecule has 0 bridgehead atoms. The van der Waals surface area contributed by atoms with Crippen LogP contribution in [-0.2, 0) is 11.2 Å². The third-order valence-corrected chi connectivity index (χ3v) is 4.70. The molecule has 0 saturated carbocycles. The molecule has 0 radical (unpaired) electrons. The van der Waals surface area contributed by atoms with Crippen LogP contribution in [0.3, 0.4) is 0 Å². The molecule has 126 valence electrons. The number of carbonyl (C=O) groups excluding carboxylic acids is 1. The minimum absolute atomic E-state index is 0.198. The molecule has 2 aromatic carbocycles. The van der Waals surface area contributed by atoms with Crippen LogP contribution in [0.1, 0.15) is 29.9 Å². The molecular formula is C20H22FNO2. The first-order valence-corrected chi connectivity index (χ1v) is 8.40. The second-order valence-corrected chi connectivity index (χ2v) is 6.36. The van der Waals surface area contributed by atoms with Crippen molar-refractivity contribution in [3.05, 3.63) is 71.5 Å². The highest BCUT2D eigenvalue weighted by Gasteiger charge is 2.27. The number of hydrogen-bond acceptors (Lipinski definition) is 2. The number of amides is 1. The largest absolute Gasteiger partial charge is 0.383 e. The lowest BCUT2D eigenvalue weighted by molar-refractivity contribution is -0.141. The van der Waals surface area contributed by atoms with Crippen LogP contribution >= 0.6 is 0 Å². The number of piperidine rings is 1. The normalized spacial score (nSPS) is 16.8. The van der Waals surface area contributed by atoms with Gasteiger partial charge in [0.2, 0.25) is 0 Å². The van der Waals surface area contributed by atoms with E-state index in [1.54, 1.807) is 4.90 Å². The molecule has 0 aliphatic carbocycles. The van der Waals surface area contributed by atoms with E-state index in [9.17, 15) is 14.3 Å². The molecule has 3 nitrogen and oxygen atoms in total. The van der Waals surface area contributed by atoms with E-state index < -0.39 is 6.10 Å². The first-order valence-electron chi connectivity index (χ1n) is 8.40. The predicted octanol–water partition coefficient (Wildman–Crippen LogP) is 3.14. The Morgan fingerprint density at radius 1 is 1.08 bits per heavy atom. The summed E-state index contributed by atoms with van der Waals surface area (Å²) in [5, 5.41) is 10.2. The third kappa shape index (κ3) is 4.01. The lowest BCUT2D eigenvalue weighted by atomic mass is 9.89. The molecule has 4 heteroatoms. The van der Waals surface area contributed by atoms with Crippen LogP contribution in [0.15, 0.2) is 54.6 Å². The smallest absolute Gasteiger partial charge is 0.251 e. The fourth-order valence-corrected chi connectivity index (χ4v) is 3.30. The minimum Gasteiger partial charge on any atom is -0.383 e. The van der Waals surface area contributed by atoms with Crippen molar-refractivity contribution in [1.82, 2.24) is 4.90 Å². The SMILES string of the molecule is O=C([C@@H](O)Cc1ccccc1)N1CCC(c2ccc(F)cc2)CC1. The van der Waals surface area contributed by atoms with Crippen molar-refractivity contribution < 1.29 is 14.3 Å². The van der Waals surface area contributed by atoms with Crippen molar-refractivity contribution in [2.75, 3.05) is 13.1 Å². The van der Waals surface area contributed by atoms with Crippen molar-refractivity contribution in [3.63, 3.8) is 0 Å². The quantitative estimate of drug-likeness (QED) is 0.937. The Morgan fingerprint density at radius 2 is 1.71 bits per heavy atom. The van der Waals surface area contributed by atoms with E-state index in [-0.39, 0.29) is 11.7 Å². The van der Waals surface area contributed by atoms with Gasteiger partial charge in [0.1, 0.15) is 11.9 Å². The van der Waals surface area contributed by atoms with Gasteiger partial charge in [-0.25, -0.2) is 4.39 Å². The summed E-state index contributed by atoms with van der Waals surface area (Å²) in [6, 6.07) is 16.2. The number of halogens is 1. The number of aliphatic hydroxyl groups is 1. The second kappa shape index (κ2) is 7.58. The highest BCUT2D eigenvalue weighted by molar-refractivity contribution is 5.81. The Balaban J connectivity index is 1.54. The molecule has 0 spiro atoms. The Kier molecular flexibility index (Phi) is 5.26. The maximum atomic E-state index is 13.0. The average Bonchev–Trinajstić information content (AvgIpc) is 2.63. The highest BCUT2D eigenvalue weighted by atomic mass is 19.1. The van der Waals surface area contributed by atoms with Crippen molar-refractivity contribution in [2.24, 2.45) is 0 Å². The zero-order valence-corrected chi connectivity index (χ0v) is 13.6. The fraction of sp³-hybridized carbons (Fsp3) is 0.350. The summed E-state index contributed by atoms with van der Waals surface area (Å²) in [6.45, 7) is 1.26. The summed E-state index contributed by atoms with van der Waals surface area (Å²) in [7, 11) is 0. The number of aliphatic hydroxyl groups excluding tert-OH is 1. The molecule has 0 aromatic heterocycles. The van der Waals surface area contributed by atoms with Gasteiger partial charge in [-0.1, -0.05) is 42.5 Å². The predicted molar refractivity (Wildman–Crippen MR) is 91.1 cm³/mol. The van der Waals surface area contributed by atoms with E-state index in [1.165, 1.54) is 12.1 Å². The van der Waals surface area contributed by atoms with E-state index >= 15 is 0 Å². The monoisotopic (exact) mass is 327 g/mol. The van der Waals surface area contributed by atoms with E-state index in [2.05, 4.69) is 0 Å². The molecule has 1 atom stereocenters. The van der Waals surface area contributed by atoms with Crippen LogP contribution in [0.2, 0.25) is 0 Å². The summed E-state index contributed by atoms with van der Waals surface area (Å²) in [4.78, 5) is 14.2. The van der Waals surface area contributed by atoms with Gasteiger partial charge in [-0.05, 0) is 42.0 Å². The number of carbonyl (C=O) groups is 1. The molecule has 24 heavy (non-hydrogen) atoms. The number of hydrogen-bond donors (Lipinski definition) is 1. The van der Waals surface area contributed by atoms with Crippen LogP contribution in [0.5, 0.6) is 0 Å². The summed E-state index contributed by atoms with van der Waals surface area (Å²) >= 11 is 0. The van der Waals surface area contributed by atoms with Crippen molar-refractivity contribution in [2.45, 2.75) is 31.3 Å². The molecule has 1 saturated heterocycles. The van der Waals surface area contributed by atoms with E-state index in [4.69, 9.17) is 0 Å². The third-order valence-electron chi connectivity index (χ3n) is 4.70. The van der Waals surface area contributed by atoms with Gasteiger partial charge >= 0.3 is 0 Å². The van der Waals surface area contributed by atoms with Gasteiger partial charge in [-0.2, -0.15) is 0 Å². The number of rotatable bonds is 4. The van der Waals surface area contributed by atoms with Gasteiger partial charge in [0.25, 0.3) is 5.91 Å². The Labute approximate surface area is 141 Å². The van der Waals surface area contributed by atoms with Gasteiger partial charge in [0, 0.05) is 19.5 Å². The number of nitrogens with zero attached hydrogens (tertiary/aromatic N) is 1. The van der Waals surface area contributed by atoms with Crippen molar-refractivity contribution in [3.8, 4) is 0 Å². The Hall–Kier alpha value is -2.20. The van der Waals surface area contributed by atoms with Crippen LogP contribution < -0.4 is 0 Å². The topological polar surface area (TPSA) is 40.5 Å². The maximum absolute atomic E-state index is 13.0. The molecule has 2 aromatic rings. The summed E-state index contributed by atoms with van der Waals surface area (Å²) in [6.07, 6.45) is 1.04. The maximum Gasteiger partial charge on any atom is 0.251 e.